The smallest absolute Gasteiger partial charge is 0.257 e. The van der Waals surface area contributed by atoms with E-state index in [-0.39, 0.29) is 11.3 Å². The summed E-state index contributed by atoms with van der Waals surface area (Å²) in [6.45, 7) is 5.69. The second-order valence-corrected chi connectivity index (χ2v) is 6.39. The Morgan fingerprint density at radius 3 is 2.68 bits per heavy atom. The SMILES string of the molecule is Cc1cc(=O)c2cc(C(=O)Nc3nc(C)c(C)s3)ccc2[nH]1. The predicted molar refractivity (Wildman–Crippen MR) is 88.8 cm³/mol. The van der Waals surface area contributed by atoms with Gasteiger partial charge in [0.25, 0.3) is 5.91 Å². The molecule has 0 saturated heterocycles. The fraction of sp³-hybridized carbons (Fsp3) is 0.188. The Bertz CT molecular complexity index is 921. The average molecular weight is 313 g/mol. The van der Waals surface area contributed by atoms with Crippen LogP contribution in [0, 0.1) is 20.8 Å². The number of rotatable bonds is 2. The van der Waals surface area contributed by atoms with Crippen molar-refractivity contribution < 1.29 is 4.79 Å². The Hall–Kier alpha value is -2.47. The van der Waals surface area contributed by atoms with Gasteiger partial charge < -0.3 is 4.98 Å². The van der Waals surface area contributed by atoms with Gasteiger partial charge in [0.05, 0.1) is 5.69 Å². The van der Waals surface area contributed by atoms with Crippen LogP contribution in [-0.4, -0.2) is 15.9 Å². The summed E-state index contributed by atoms with van der Waals surface area (Å²) >= 11 is 1.44. The lowest BCUT2D eigenvalue weighted by Gasteiger charge is -2.04. The highest BCUT2D eigenvalue weighted by atomic mass is 32.1. The molecule has 0 spiro atoms. The zero-order chi connectivity index (χ0) is 15.9. The number of anilines is 1. The number of fused-ring (bicyclic) bond motifs is 1. The highest BCUT2D eigenvalue weighted by molar-refractivity contribution is 7.15. The lowest BCUT2D eigenvalue weighted by Crippen LogP contribution is -2.13. The zero-order valence-electron chi connectivity index (χ0n) is 12.5. The number of carbonyl (C=O) groups excluding carboxylic acids is 1. The van der Waals surface area contributed by atoms with Crippen LogP contribution in [-0.2, 0) is 0 Å². The van der Waals surface area contributed by atoms with E-state index in [1.807, 2.05) is 20.8 Å². The molecule has 1 aromatic carbocycles. The largest absolute Gasteiger partial charge is 0.358 e. The number of thiazole rings is 1. The molecule has 0 atom stereocenters. The van der Waals surface area contributed by atoms with Gasteiger partial charge in [-0.05, 0) is 39.0 Å². The number of pyridine rings is 1. The standard InChI is InChI=1S/C16H15N3O2S/c1-8-6-14(20)12-7-11(4-5-13(12)17-8)15(21)19-16-18-9(2)10(3)22-16/h4-7H,1-3H3,(H,17,20)(H,18,19,21). The second kappa shape index (κ2) is 5.38. The van der Waals surface area contributed by atoms with E-state index >= 15 is 0 Å². The third-order valence-electron chi connectivity index (χ3n) is 3.48. The summed E-state index contributed by atoms with van der Waals surface area (Å²) in [5, 5.41) is 3.84. The van der Waals surface area contributed by atoms with E-state index in [0.717, 1.165) is 21.8 Å². The molecular weight excluding hydrogens is 298 g/mol. The first kappa shape index (κ1) is 14.5. The van der Waals surface area contributed by atoms with Gasteiger partial charge in [-0.3, -0.25) is 14.9 Å². The minimum absolute atomic E-state index is 0.0955. The molecule has 112 valence electrons. The number of aryl methyl sites for hydroxylation is 3. The van der Waals surface area contributed by atoms with Crippen molar-refractivity contribution in [3.05, 3.63) is 56.3 Å². The molecule has 0 saturated carbocycles. The third-order valence-corrected chi connectivity index (χ3v) is 4.46. The van der Waals surface area contributed by atoms with E-state index in [0.29, 0.717) is 16.1 Å². The number of aromatic amines is 1. The summed E-state index contributed by atoms with van der Waals surface area (Å²) in [6.07, 6.45) is 0. The van der Waals surface area contributed by atoms with Crippen LogP contribution in [0.15, 0.2) is 29.1 Å². The molecule has 0 radical (unpaired) electrons. The number of hydrogen-bond acceptors (Lipinski definition) is 4. The van der Waals surface area contributed by atoms with Crippen LogP contribution in [0.2, 0.25) is 0 Å². The number of benzene rings is 1. The summed E-state index contributed by atoms with van der Waals surface area (Å²) in [4.78, 5) is 32.8. The van der Waals surface area contributed by atoms with Gasteiger partial charge in [0.1, 0.15) is 0 Å². The van der Waals surface area contributed by atoms with Gasteiger partial charge in [0, 0.05) is 33.1 Å². The van der Waals surface area contributed by atoms with Crippen LogP contribution in [0.5, 0.6) is 0 Å². The number of hydrogen-bond donors (Lipinski definition) is 2. The summed E-state index contributed by atoms with van der Waals surface area (Å²) in [7, 11) is 0. The molecular formula is C16H15N3O2S. The molecule has 0 fully saturated rings. The van der Waals surface area contributed by atoms with Gasteiger partial charge in [-0.2, -0.15) is 0 Å². The van der Waals surface area contributed by atoms with Crippen LogP contribution in [0.25, 0.3) is 10.9 Å². The predicted octanol–water partition coefficient (Wildman–Crippen LogP) is 3.16. The fourth-order valence-corrected chi connectivity index (χ4v) is 3.03. The van der Waals surface area contributed by atoms with E-state index in [9.17, 15) is 9.59 Å². The van der Waals surface area contributed by atoms with Crippen molar-refractivity contribution in [2.75, 3.05) is 5.32 Å². The highest BCUT2D eigenvalue weighted by Crippen LogP contribution is 2.22. The first-order valence-corrected chi connectivity index (χ1v) is 7.65. The lowest BCUT2D eigenvalue weighted by molar-refractivity contribution is 0.102. The Morgan fingerprint density at radius 1 is 1.23 bits per heavy atom. The van der Waals surface area contributed by atoms with E-state index in [4.69, 9.17) is 0 Å². The lowest BCUT2D eigenvalue weighted by atomic mass is 10.1. The molecule has 5 nitrogen and oxygen atoms in total. The quantitative estimate of drug-likeness (QED) is 0.763. The van der Waals surface area contributed by atoms with Crippen molar-refractivity contribution >= 4 is 33.3 Å². The molecule has 2 aromatic heterocycles. The van der Waals surface area contributed by atoms with Gasteiger partial charge in [0.2, 0.25) is 0 Å². The molecule has 22 heavy (non-hydrogen) atoms. The number of aromatic nitrogens is 2. The number of nitrogens with zero attached hydrogens (tertiary/aromatic N) is 1. The van der Waals surface area contributed by atoms with Crippen molar-refractivity contribution in [2.24, 2.45) is 0 Å². The summed E-state index contributed by atoms with van der Waals surface area (Å²) < 4.78 is 0. The molecule has 0 aliphatic rings. The van der Waals surface area contributed by atoms with Crippen LogP contribution < -0.4 is 10.7 Å². The molecule has 2 heterocycles. The third kappa shape index (κ3) is 2.65. The van der Waals surface area contributed by atoms with Crippen LogP contribution in [0.1, 0.15) is 26.6 Å². The fourth-order valence-electron chi connectivity index (χ4n) is 2.22. The van der Waals surface area contributed by atoms with E-state index < -0.39 is 0 Å². The molecule has 0 aliphatic carbocycles. The summed E-state index contributed by atoms with van der Waals surface area (Å²) in [5.74, 6) is -0.268. The first-order valence-electron chi connectivity index (χ1n) is 6.83. The van der Waals surface area contributed by atoms with Crippen LogP contribution >= 0.6 is 11.3 Å². The molecule has 6 heteroatoms. The van der Waals surface area contributed by atoms with Crippen molar-refractivity contribution in [1.29, 1.82) is 0 Å². The first-order chi connectivity index (χ1) is 10.4. The van der Waals surface area contributed by atoms with Gasteiger partial charge in [-0.15, -0.1) is 11.3 Å². The monoisotopic (exact) mass is 313 g/mol. The van der Waals surface area contributed by atoms with Gasteiger partial charge in [0.15, 0.2) is 10.6 Å². The van der Waals surface area contributed by atoms with Crippen molar-refractivity contribution in [2.45, 2.75) is 20.8 Å². The molecule has 0 aliphatic heterocycles. The molecule has 0 unspecified atom stereocenters. The molecule has 2 N–H and O–H groups in total. The van der Waals surface area contributed by atoms with E-state index in [1.54, 1.807) is 18.2 Å². The Balaban J connectivity index is 1.96. The number of nitrogens with one attached hydrogen (secondary N) is 2. The molecule has 3 rings (SSSR count). The van der Waals surface area contributed by atoms with Crippen LogP contribution in [0.4, 0.5) is 5.13 Å². The maximum absolute atomic E-state index is 12.3. The van der Waals surface area contributed by atoms with E-state index in [2.05, 4.69) is 15.3 Å². The normalized spacial score (nSPS) is 10.9. The Labute approximate surface area is 131 Å². The maximum atomic E-state index is 12.3. The Kier molecular flexibility index (Phi) is 3.54. The summed E-state index contributed by atoms with van der Waals surface area (Å²) in [5.41, 5.74) is 2.77. The van der Waals surface area contributed by atoms with Crippen molar-refractivity contribution in [1.82, 2.24) is 9.97 Å². The Morgan fingerprint density at radius 2 is 2.00 bits per heavy atom. The van der Waals surface area contributed by atoms with Crippen molar-refractivity contribution in [3.63, 3.8) is 0 Å². The van der Waals surface area contributed by atoms with Gasteiger partial charge in [-0.1, -0.05) is 0 Å². The number of H-pyrrole nitrogens is 1. The molecule has 3 aromatic rings. The number of carbonyl (C=O) groups is 1. The van der Waals surface area contributed by atoms with Crippen LogP contribution in [0.3, 0.4) is 0 Å². The minimum atomic E-state index is -0.268. The summed E-state index contributed by atoms with van der Waals surface area (Å²) in [6, 6.07) is 6.57. The molecule has 1 amide bonds. The topological polar surface area (TPSA) is 74.8 Å². The number of amides is 1. The molecule has 0 bridgehead atoms. The average Bonchev–Trinajstić information content (AvgIpc) is 2.76. The van der Waals surface area contributed by atoms with Gasteiger partial charge in [-0.25, -0.2) is 4.98 Å². The van der Waals surface area contributed by atoms with Crippen molar-refractivity contribution in [3.8, 4) is 0 Å². The zero-order valence-corrected chi connectivity index (χ0v) is 13.3. The second-order valence-electron chi connectivity index (χ2n) is 5.19. The highest BCUT2D eigenvalue weighted by Gasteiger charge is 2.11. The maximum Gasteiger partial charge on any atom is 0.257 e. The van der Waals surface area contributed by atoms with E-state index in [1.165, 1.54) is 17.4 Å². The van der Waals surface area contributed by atoms with Gasteiger partial charge >= 0.3 is 0 Å². The minimum Gasteiger partial charge on any atom is -0.358 e.